The fraction of sp³-hybridized carbons (Fsp3) is 0.391. The predicted molar refractivity (Wildman–Crippen MR) is 127 cm³/mol. The van der Waals surface area contributed by atoms with Gasteiger partial charge >= 0.3 is 0 Å². The molecular weight excluding hydrogens is 464 g/mol. The van der Waals surface area contributed by atoms with Crippen LogP contribution in [-0.2, 0) is 0 Å². The molecule has 1 saturated heterocycles. The van der Waals surface area contributed by atoms with E-state index in [-0.39, 0.29) is 44.4 Å². The van der Waals surface area contributed by atoms with Crippen molar-refractivity contribution in [2.45, 2.75) is 24.8 Å². The highest BCUT2D eigenvalue weighted by molar-refractivity contribution is 6.35. The summed E-state index contributed by atoms with van der Waals surface area (Å²) in [7, 11) is 0. The van der Waals surface area contributed by atoms with E-state index in [0.717, 1.165) is 5.56 Å². The Bertz CT molecular complexity index is 1140. The third-order valence-corrected chi connectivity index (χ3v) is 6.19. The molecule has 0 aliphatic carbocycles. The van der Waals surface area contributed by atoms with Gasteiger partial charge in [-0.05, 0) is 18.2 Å². The molecule has 34 heavy (non-hydrogen) atoms. The Hall–Kier alpha value is -2.95. The number of nitrogens with one attached hydrogen (secondary N) is 2. The first-order valence-corrected chi connectivity index (χ1v) is 11.4. The summed E-state index contributed by atoms with van der Waals surface area (Å²) in [5.41, 5.74) is 7.19. The van der Waals surface area contributed by atoms with Gasteiger partial charge in [-0.3, -0.25) is 14.7 Å². The molecule has 11 heteroatoms. The van der Waals surface area contributed by atoms with E-state index in [1.807, 2.05) is 4.90 Å². The van der Waals surface area contributed by atoms with Crippen molar-refractivity contribution < 1.29 is 13.6 Å². The van der Waals surface area contributed by atoms with Crippen molar-refractivity contribution in [3.8, 4) is 0 Å². The average Bonchev–Trinajstić information content (AvgIpc) is 2.84. The van der Waals surface area contributed by atoms with Crippen molar-refractivity contribution in [2.75, 3.05) is 38.0 Å². The molecular formula is C23H26ClF2N7O. The number of aromatic nitrogens is 3. The van der Waals surface area contributed by atoms with Crippen molar-refractivity contribution in [2.24, 2.45) is 5.73 Å². The molecule has 3 heterocycles. The van der Waals surface area contributed by atoms with Crippen molar-refractivity contribution in [3.63, 3.8) is 0 Å². The number of carbonyl (C=O) groups excluding carboxylic acids is 1. The zero-order chi connectivity index (χ0) is 24.1. The summed E-state index contributed by atoms with van der Waals surface area (Å²) in [4.78, 5) is 28.0. The van der Waals surface area contributed by atoms with E-state index >= 15 is 0 Å². The third kappa shape index (κ3) is 5.57. The average molecular weight is 490 g/mol. The summed E-state index contributed by atoms with van der Waals surface area (Å²) in [6.07, 6.45) is 4.45. The van der Waals surface area contributed by atoms with Gasteiger partial charge in [-0.15, -0.1) is 0 Å². The van der Waals surface area contributed by atoms with Gasteiger partial charge in [-0.1, -0.05) is 17.7 Å². The first-order chi connectivity index (χ1) is 16.4. The molecule has 1 aliphatic heterocycles. The lowest BCUT2D eigenvalue weighted by Gasteiger charge is -2.37. The number of likely N-dealkylation sites (tertiary alicyclic amines) is 1. The third-order valence-electron chi connectivity index (χ3n) is 5.87. The van der Waals surface area contributed by atoms with Gasteiger partial charge in [0.25, 0.3) is 11.8 Å². The summed E-state index contributed by atoms with van der Waals surface area (Å²) in [6.45, 7) is 1.53. The van der Waals surface area contributed by atoms with Gasteiger partial charge in [-0.25, -0.2) is 18.7 Å². The maximum absolute atomic E-state index is 13.8. The van der Waals surface area contributed by atoms with E-state index in [1.165, 1.54) is 0 Å². The number of halogens is 3. The highest BCUT2D eigenvalue weighted by atomic mass is 35.5. The minimum Gasteiger partial charge on any atom is -0.353 e. The van der Waals surface area contributed by atoms with E-state index in [2.05, 4.69) is 25.6 Å². The van der Waals surface area contributed by atoms with Crippen LogP contribution in [0.4, 0.5) is 14.7 Å². The molecule has 0 radical (unpaired) electrons. The number of fused-ring (bicyclic) bond motifs is 1. The van der Waals surface area contributed by atoms with Crippen LogP contribution in [0.25, 0.3) is 10.9 Å². The van der Waals surface area contributed by atoms with Gasteiger partial charge in [0.1, 0.15) is 0 Å². The number of nitrogens with two attached hydrogens (primary N) is 1. The molecule has 4 N–H and O–H groups in total. The highest BCUT2D eigenvalue weighted by Gasteiger charge is 2.37. The van der Waals surface area contributed by atoms with Crippen LogP contribution in [0.2, 0.25) is 5.02 Å². The van der Waals surface area contributed by atoms with Gasteiger partial charge in [0, 0.05) is 75.1 Å². The normalized spacial score (nSPS) is 16.8. The lowest BCUT2D eigenvalue weighted by molar-refractivity contribution is -0.0632. The molecule has 8 nitrogen and oxygen atoms in total. The molecule has 1 unspecified atom stereocenters. The van der Waals surface area contributed by atoms with Gasteiger partial charge in [-0.2, -0.15) is 0 Å². The first-order valence-electron chi connectivity index (χ1n) is 11.1. The van der Waals surface area contributed by atoms with Crippen LogP contribution in [0.15, 0.2) is 42.9 Å². The molecule has 4 rings (SSSR count). The van der Waals surface area contributed by atoms with Crippen molar-refractivity contribution >= 4 is 34.4 Å². The lowest BCUT2D eigenvalue weighted by Crippen LogP contribution is -2.45. The number of benzene rings is 1. The number of hydrogen-bond donors (Lipinski definition) is 3. The molecule has 0 bridgehead atoms. The number of carbonyl (C=O) groups is 1. The number of hydrogen-bond acceptors (Lipinski definition) is 7. The van der Waals surface area contributed by atoms with E-state index < -0.39 is 5.92 Å². The lowest BCUT2D eigenvalue weighted by atomic mass is 10.0. The number of alkyl halides is 2. The predicted octanol–water partition coefficient (Wildman–Crippen LogP) is 3.25. The molecule has 1 atom stereocenters. The van der Waals surface area contributed by atoms with Gasteiger partial charge in [0.2, 0.25) is 5.95 Å². The molecule has 180 valence electrons. The van der Waals surface area contributed by atoms with Crippen LogP contribution >= 0.6 is 11.6 Å². The molecule has 1 aromatic carbocycles. The Kier molecular flexibility index (Phi) is 7.50. The maximum Gasteiger partial charge on any atom is 0.253 e. The van der Waals surface area contributed by atoms with E-state index in [0.29, 0.717) is 40.5 Å². The van der Waals surface area contributed by atoms with Crippen LogP contribution < -0.4 is 16.4 Å². The summed E-state index contributed by atoms with van der Waals surface area (Å²) < 4.78 is 27.6. The van der Waals surface area contributed by atoms with Gasteiger partial charge in [0.15, 0.2) is 0 Å². The summed E-state index contributed by atoms with van der Waals surface area (Å²) >= 11 is 6.35. The topological polar surface area (TPSA) is 109 Å². The van der Waals surface area contributed by atoms with E-state index in [4.69, 9.17) is 17.3 Å². The summed E-state index contributed by atoms with van der Waals surface area (Å²) in [6, 6.07) is 6.54. The van der Waals surface area contributed by atoms with E-state index in [1.54, 1.807) is 42.9 Å². The number of pyridine rings is 1. The fourth-order valence-electron chi connectivity index (χ4n) is 4.04. The summed E-state index contributed by atoms with van der Waals surface area (Å²) in [5.74, 6) is -2.62. The minimum absolute atomic E-state index is 0.177. The maximum atomic E-state index is 13.8. The molecule has 2 aromatic heterocycles. The Balaban J connectivity index is 1.55. The van der Waals surface area contributed by atoms with Crippen LogP contribution in [0.5, 0.6) is 0 Å². The van der Waals surface area contributed by atoms with Crippen molar-refractivity contribution in [3.05, 3.63) is 59.0 Å². The van der Waals surface area contributed by atoms with Crippen molar-refractivity contribution in [1.29, 1.82) is 0 Å². The van der Waals surface area contributed by atoms with Gasteiger partial charge in [0.05, 0.1) is 22.1 Å². The number of rotatable bonds is 8. The van der Waals surface area contributed by atoms with Crippen LogP contribution in [0.1, 0.15) is 34.8 Å². The first kappa shape index (κ1) is 24.2. The summed E-state index contributed by atoms with van der Waals surface area (Å²) in [5, 5.41) is 6.87. The quantitative estimate of drug-likeness (QED) is 0.445. The smallest absolute Gasteiger partial charge is 0.253 e. The number of nitrogens with zero attached hydrogens (tertiary/aromatic N) is 4. The second kappa shape index (κ2) is 10.5. The highest BCUT2D eigenvalue weighted by Crippen LogP contribution is 2.32. The molecule has 3 aromatic rings. The molecule has 0 spiro atoms. The second-order valence-electron chi connectivity index (χ2n) is 8.17. The van der Waals surface area contributed by atoms with Gasteiger partial charge < -0.3 is 16.4 Å². The van der Waals surface area contributed by atoms with Crippen LogP contribution in [0, 0.1) is 0 Å². The SMILES string of the molecule is NCCNc1ncc(C(CNC(=O)c2c(Cl)ccc3ncccc23)N2CCC(F)(F)CC2)cn1. The zero-order valence-corrected chi connectivity index (χ0v) is 19.2. The fourth-order valence-corrected chi connectivity index (χ4v) is 4.29. The second-order valence-corrected chi connectivity index (χ2v) is 8.57. The Morgan fingerprint density at radius 1 is 1.18 bits per heavy atom. The number of piperidine rings is 1. The van der Waals surface area contributed by atoms with Crippen LogP contribution in [-0.4, -0.2) is 64.4 Å². The molecule has 0 saturated carbocycles. The van der Waals surface area contributed by atoms with E-state index in [9.17, 15) is 13.6 Å². The standard InChI is InChI=1S/C23H26ClF2N7O/c24-17-3-4-18-16(2-1-8-28-18)20(17)21(34)30-14-19(33-10-5-23(25,26)6-11-33)15-12-31-22(32-13-15)29-9-7-27/h1-4,8,12-13,19H,5-7,9-11,14,27H2,(H,30,34)(H,29,31,32). The largest absolute Gasteiger partial charge is 0.353 e. The van der Waals surface area contributed by atoms with Crippen molar-refractivity contribution in [1.82, 2.24) is 25.2 Å². The molecule has 1 fully saturated rings. The monoisotopic (exact) mass is 489 g/mol. The Labute approximate surface area is 200 Å². The number of anilines is 1. The minimum atomic E-state index is -2.68. The Morgan fingerprint density at radius 2 is 1.91 bits per heavy atom. The molecule has 1 aliphatic rings. The number of amides is 1. The molecule has 1 amide bonds. The van der Waals surface area contributed by atoms with Crippen LogP contribution in [0.3, 0.4) is 0 Å². The Morgan fingerprint density at radius 3 is 2.62 bits per heavy atom. The zero-order valence-electron chi connectivity index (χ0n) is 18.5.